The quantitative estimate of drug-likeness (QED) is 0.816. The minimum atomic E-state index is 0.411. The van der Waals surface area contributed by atoms with Crippen LogP contribution in [0.25, 0.3) is 0 Å². The molecule has 0 aliphatic carbocycles. The first-order valence-electron chi connectivity index (χ1n) is 6.04. The number of hydrogen-bond donors (Lipinski definition) is 1. The van der Waals surface area contributed by atoms with E-state index in [1.807, 2.05) is 0 Å². The standard InChI is InChI=1S/C13H18N2O/c14-12-8-15(9-12)5-3-10-1-2-13-11(7-10)4-6-16-13/h1-2,7,12H,3-6,8-9,14H2. The van der Waals surface area contributed by atoms with Gasteiger partial charge in [0.15, 0.2) is 0 Å². The number of fused-ring (bicyclic) bond motifs is 1. The summed E-state index contributed by atoms with van der Waals surface area (Å²) in [6.07, 6.45) is 2.19. The van der Waals surface area contributed by atoms with Gasteiger partial charge >= 0.3 is 0 Å². The lowest BCUT2D eigenvalue weighted by Gasteiger charge is -2.36. The second kappa shape index (κ2) is 4.07. The van der Waals surface area contributed by atoms with Gasteiger partial charge in [-0.15, -0.1) is 0 Å². The lowest BCUT2D eigenvalue weighted by molar-refractivity contribution is 0.153. The first kappa shape index (κ1) is 10.1. The minimum absolute atomic E-state index is 0.411. The van der Waals surface area contributed by atoms with Crippen molar-refractivity contribution < 1.29 is 4.74 Å². The summed E-state index contributed by atoms with van der Waals surface area (Å²) >= 11 is 0. The van der Waals surface area contributed by atoms with Gasteiger partial charge in [0.05, 0.1) is 6.61 Å². The lowest BCUT2D eigenvalue weighted by Crippen LogP contribution is -2.55. The normalized spacial score (nSPS) is 20.3. The number of rotatable bonds is 3. The van der Waals surface area contributed by atoms with Crippen molar-refractivity contribution in [3.05, 3.63) is 29.3 Å². The molecule has 0 radical (unpaired) electrons. The summed E-state index contributed by atoms with van der Waals surface area (Å²) in [5, 5.41) is 0. The van der Waals surface area contributed by atoms with Gasteiger partial charge in [0.2, 0.25) is 0 Å². The Kier molecular flexibility index (Phi) is 2.58. The zero-order valence-electron chi connectivity index (χ0n) is 9.48. The number of nitrogens with two attached hydrogens (primary N) is 1. The second-order valence-electron chi connectivity index (χ2n) is 4.81. The van der Waals surface area contributed by atoms with Gasteiger partial charge in [0.25, 0.3) is 0 Å². The molecule has 1 aromatic carbocycles. The topological polar surface area (TPSA) is 38.5 Å². The molecule has 1 fully saturated rings. The van der Waals surface area contributed by atoms with Crippen LogP contribution in [0, 0.1) is 0 Å². The predicted molar refractivity (Wildman–Crippen MR) is 63.8 cm³/mol. The van der Waals surface area contributed by atoms with Crippen molar-refractivity contribution in [3.8, 4) is 5.75 Å². The minimum Gasteiger partial charge on any atom is -0.493 e. The molecule has 2 N–H and O–H groups in total. The van der Waals surface area contributed by atoms with E-state index in [4.69, 9.17) is 10.5 Å². The van der Waals surface area contributed by atoms with E-state index in [9.17, 15) is 0 Å². The van der Waals surface area contributed by atoms with E-state index < -0.39 is 0 Å². The monoisotopic (exact) mass is 218 g/mol. The highest BCUT2D eigenvalue weighted by Crippen LogP contribution is 2.26. The number of likely N-dealkylation sites (tertiary alicyclic amines) is 1. The maximum atomic E-state index is 5.75. The number of hydrogen-bond acceptors (Lipinski definition) is 3. The van der Waals surface area contributed by atoms with Crippen LogP contribution in [0.5, 0.6) is 5.75 Å². The van der Waals surface area contributed by atoms with Gasteiger partial charge in [0.1, 0.15) is 5.75 Å². The Labute approximate surface area is 96.2 Å². The highest BCUT2D eigenvalue weighted by Gasteiger charge is 2.22. The van der Waals surface area contributed by atoms with Crippen molar-refractivity contribution in [2.75, 3.05) is 26.2 Å². The molecule has 0 unspecified atom stereocenters. The molecule has 86 valence electrons. The fraction of sp³-hybridized carbons (Fsp3) is 0.538. The zero-order valence-corrected chi connectivity index (χ0v) is 9.48. The maximum absolute atomic E-state index is 5.75. The Morgan fingerprint density at radius 2 is 2.25 bits per heavy atom. The van der Waals surface area contributed by atoms with Gasteiger partial charge in [0, 0.05) is 32.1 Å². The fourth-order valence-corrected chi connectivity index (χ4v) is 2.48. The number of nitrogens with zero attached hydrogens (tertiary/aromatic N) is 1. The molecular formula is C13H18N2O. The predicted octanol–water partition coefficient (Wildman–Crippen LogP) is 0.807. The Bertz CT molecular complexity index is 386. The molecule has 2 aliphatic heterocycles. The van der Waals surface area contributed by atoms with E-state index in [2.05, 4.69) is 23.1 Å². The smallest absolute Gasteiger partial charge is 0.122 e. The Morgan fingerprint density at radius 1 is 1.38 bits per heavy atom. The van der Waals surface area contributed by atoms with Gasteiger partial charge in [-0.1, -0.05) is 12.1 Å². The Morgan fingerprint density at radius 3 is 3.06 bits per heavy atom. The average molecular weight is 218 g/mol. The van der Waals surface area contributed by atoms with Crippen LogP contribution in [0.3, 0.4) is 0 Å². The summed E-state index contributed by atoms with van der Waals surface area (Å²) in [4.78, 5) is 2.41. The van der Waals surface area contributed by atoms with Crippen LogP contribution in [-0.2, 0) is 12.8 Å². The van der Waals surface area contributed by atoms with Crippen molar-refractivity contribution in [1.82, 2.24) is 4.90 Å². The number of benzene rings is 1. The first-order chi connectivity index (χ1) is 7.81. The third-order valence-corrected chi connectivity index (χ3v) is 3.46. The van der Waals surface area contributed by atoms with Gasteiger partial charge in [-0.25, -0.2) is 0 Å². The van der Waals surface area contributed by atoms with E-state index in [1.54, 1.807) is 0 Å². The fourth-order valence-electron chi connectivity index (χ4n) is 2.48. The molecule has 2 aliphatic rings. The van der Waals surface area contributed by atoms with Crippen molar-refractivity contribution in [3.63, 3.8) is 0 Å². The lowest BCUT2D eigenvalue weighted by atomic mass is 10.0. The van der Waals surface area contributed by atoms with E-state index in [-0.39, 0.29) is 0 Å². The first-order valence-corrected chi connectivity index (χ1v) is 6.04. The van der Waals surface area contributed by atoms with E-state index >= 15 is 0 Å². The van der Waals surface area contributed by atoms with Crippen molar-refractivity contribution in [2.45, 2.75) is 18.9 Å². The molecule has 0 aromatic heterocycles. The highest BCUT2D eigenvalue weighted by molar-refractivity contribution is 5.39. The summed E-state index contributed by atoms with van der Waals surface area (Å²) < 4.78 is 5.50. The molecule has 3 heteroatoms. The third-order valence-electron chi connectivity index (χ3n) is 3.46. The second-order valence-corrected chi connectivity index (χ2v) is 4.81. The molecule has 0 bridgehead atoms. The summed E-state index contributed by atoms with van der Waals surface area (Å²) in [5.74, 6) is 1.08. The molecule has 1 aromatic rings. The molecule has 3 rings (SSSR count). The summed E-state index contributed by atoms with van der Waals surface area (Å²) in [6, 6.07) is 7.00. The third kappa shape index (κ3) is 1.93. The molecule has 0 amide bonds. The SMILES string of the molecule is NC1CN(CCc2ccc3c(c2)CCO3)C1. The van der Waals surface area contributed by atoms with Gasteiger partial charge in [-0.3, -0.25) is 4.90 Å². The van der Waals surface area contributed by atoms with E-state index in [1.165, 1.54) is 11.1 Å². The van der Waals surface area contributed by atoms with E-state index in [0.717, 1.165) is 44.8 Å². The van der Waals surface area contributed by atoms with Crippen LogP contribution in [0.4, 0.5) is 0 Å². The van der Waals surface area contributed by atoms with Gasteiger partial charge in [-0.2, -0.15) is 0 Å². The average Bonchev–Trinajstić information content (AvgIpc) is 2.69. The largest absolute Gasteiger partial charge is 0.493 e. The molecule has 0 saturated carbocycles. The van der Waals surface area contributed by atoms with Crippen LogP contribution in [-0.4, -0.2) is 37.2 Å². The molecule has 16 heavy (non-hydrogen) atoms. The van der Waals surface area contributed by atoms with Gasteiger partial charge < -0.3 is 10.5 Å². The molecule has 1 saturated heterocycles. The van der Waals surface area contributed by atoms with Crippen LogP contribution in [0.2, 0.25) is 0 Å². The summed E-state index contributed by atoms with van der Waals surface area (Å²) in [7, 11) is 0. The van der Waals surface area contributed by atoms with Crippen LogP contribution >= 0.6 is 0 Å². The molecule has 0 spiro atoms. The van der Waals surface area contributed by atoms with Crippen molar-refractivity contribution >= 4 is 0 Å². The van der Waals surface area contributed by atoms with Crippen LogP contribution in [0.1, 0.15) is 11.1 Å². The maximum Gasteiger partial charge on any atom is 0.122 e. The highest BCUT2D eigenvalue weighted by atomic mass is 16.5. The van der Waals surface area contributed by atoms with Crippen molar-refractivity contribution in [2.24, 2.45) is 5.73 Å². The Hall–Kier alpha value is -1.06. The van der Waals surface area contributed by atoms with E-state index in [0.29, 0.717) is 6.04 Å². The molecule has 0 atom stereocenters. The number of ether oxygens (including phenoxy) is 1. The van der Waals surface area contributed by atoms with Crippen molar-refractivity contribution in [1.29, 1.82) is 0 Å². The van der Waals surface area contributed by atoms with Crippen LogP contribution in [0.15, 0.2) is 18.2 Å². The molecule has 2 heterocycles. The molecular weight excluding hydrogens is 200 g/mol. The summed E-state index contributed by atoms with van der Waals surface area (Å²) in [5.41, 5.74) is 8.55. The Balaban J connectivity index is 1.58. The van der Waals surface area contributed by atoms with Crippen LogP contribution < -0.4 is 10.5 Å². The summed E-state index contributed by atoms with van der Waals surface area (Å²) in [6.45, 7) is 4.11. The van der Waals surface area contributed by atoms with Gasteiger partial charge in [-0.05, 0) is 23.6 Å². The zero-order chi connectivity index (χ0) is 11.0. The molecule has 3 nitrogen and oxygen atoms in total.